The van der Waals surface area contributed by atoms with E-state index in [4.69, 9.17) is 10.5 Å². The smallest absolute Gasteiger partial charge is 0.311 e. The van der Waals surface area contributed by atoms with Gasteiger partial charge in [-0.05, 0) is 42.9 Å². The number of allylic oxidation sites excluding steroid dienone is 3. The molecule has 0 atom stereocenters. The summed E-state index contributed by atoms with van der Waals surface area (Å²) in [7, 11) is 1.42. The third-order valence-electron chi connectivity index (χ3n) is 3.43. The van der Waals surface area contributed by atoms with Gasteiger partial charge in [0, 0.05) is 11.8 Å². The van der Waals surface area contributed by atoms with E-state index in [9.17, 15) is 10.1 Å². The second kappa shape index (κ2) is 6.23. The molecular weight excluding hydrogens is 256 g/mol. The van der Waals surface area contributed by atoms with Crippen LogP contribution in [0.3, 0.4) is 0 Å². The first-order chi connectivity index (χ1) is 9.61. The highest BCUT2D eigenvalue weighted by molar-refractivity contribution is 5.60. The molecule has 0 spiro atoms. The molecule has 0 fully saturated rings. The molecule has 1 aliphatic carbocycles. The molecule has 106 valence electrons. The van der Waals surface area contributed by atoms with Crippen molar-refractivity contribution in [1.29, 1.82) is 0 Å². The molecule has 2 N–H and O–H groups in total. The number of nitro benzene ring substituents is 1. The highest BCUT2D eigenvalue weighted by atomic mass is 16.6. The Morgan fingerprint density at radius 3 is 2.70 bits per heavy atom. The van der Waals surface area contributed by atoms with E-state index in [1.165, 1.54) is 13.2 Å². The van der Waals surface area contributed by atoms with Crippen LogP contribution in [0.1, 0.15) is 31.2 Å². The summed E-state index contributed by atoms with van der Waals surface area (Å²) in [6.07, 6.45) is 8.00. The summed E-state index contributed by atoms with van der Waals surface area (Å²) in [6.45, 7) is 0. The van der Waals surface area contributed by atoms with Crippen molar-refractivity contribution in [1.82, 2.24) is 0 Å². The van der Waals surface area contributed by atoms with E-state index in [2.05, 4.69) is 0 Å². The number of hydrogen-bond donors (Lipinski definition) is 1. The lowest BCUT2D eigenvalue weighted by Gasteiger charge is -2.14. The van der Waals surface area contributed by atoms with Crippen LogP contribution in [-0.4, -0.2) is 12.0 Å². The Labute approximate surface area is 117 Å². The van der Waals surface area contributed by atoms with Crippen molar-refractivity contribution in [2.45, 2.75) is 25.7 Å². The molecule has 0 aliphatic heterocycles. The molecule has 1 aromatic rings. The summed E-state index contributed by atoms with van der Waals surface area (Å²) in [5, 5.41) is 11.0. The molecule has 1 aromatic carbocycles. The van der Waals surface area contributed by atoms with Crippen LogP contribution < -0.4 is 10.5 Å². The fraction of sp³-hybridized carbons (Fsp3) is 0.333. The van der Waals surface area contributed by atoms with Crippen molar-refractivity contribution in [3.8, 4) is 5.75 Å². The van der Waals surface area contributed by atoms with E-state index in [1.807, 2.05) is 12.2 Å². The largest absolute Gasteiger partial charge is 0.490 e. The second-order valence-corrected chi connectivity index (χ2v) is 4.78. The maximum atomic E-state index is 11.0. The molecule has 0 bridgehead atoms. The van der Waals surface area contributed by atoms with Gasteiger partial charge in [0.15, 0.2) is 5.75 Å². The molecular formula is C15H18N2O3. The third kappa shape index (κ3) is 3.17. The predicted octanol–water partition coefficient (Wildman–Crippen LogP) is 3.40. The van der Waals surface area contributed by atoms with Gasteiger partial charge < -0.3 is 10.5 Å². The number of hydrogen-bond acceptors (Lipinski definition) is 4. The first-order valence-corrected chi connectivity index (χ1v) is 6.60. The van der Waals surface area contributed by atoms with Crippen LogP contribution in [0.2, 0.25) is 0 Å². The van der Waals surface area contributed by atoms with Gasteiger partial charge in [0.1, 0.15) is 0 Å². The minimum absolute atomic E-state index is 0.0276. The molecule has 1 aliphatic rings. The van der Waals surface area contributed by atoms with Crippen molar-refractivity contribution in [2.75, 3.05) is 7.11 Å². The molecule has 0 unspecified atom stereocenters. The van der Waals surface area contributed by atoms with Crippen LogP contribution in [-0.2, 0) is 0 Å². The zero-order valence-electron chi connectivity index (χ0n) is 11.5. The van der Waals surface area contributed by atoms with Crippen molar-refractivity contribution in [3.63, 3.8) is 0 Å². The predicted molar refractivity (Wildman–Crippen MR) is 78.4 cm³/mol. The quantitative estimate of drug-likeness (QED) is 0.674. The van der Waals surface area contributed by atoms with Crippen LogP contribution in [0, 0.1) is 10.1 Å². The van der Waals surface area contributed by atoms with Crippen LogP contribution in [0.4, 0.5) is 5.69 Å². The number of methoxy groups -OCH3 is 1. The van der Waals surface area contributed by atoms with Gasteiger partial charge in [-0.1, -0.05) is 18.2 Å². The molecule has 20 heavy (non-hydrogen) atoms. The second-order valence-electron chi connectivity index (χ2n) is 4.78. The van der Waals surface area contributed by atoms with Gasteiger partial charge >= 0.3 is 5.69 Å². The lowest BCUT2D eigenvalue weighted by molar-refractivity contribution is -0.385. The third-order valence-corrected chi connectivity index (χ3v) is 3.43. The number of rotatable bonds is 4. The zero-order chi connectivity index (χ0) is 14.5. The summed E-state index contributed by atoms with van der Waals surface area (Å²) in [5.41, 5.74) is 8.77. The molecule has 0 saturated heterocycles. The average Bonchev–Trinajstić information content (AvgIpc) is 2.46. The van der Waals surface area contributed by atoms with Crippen LogP contribution in [0.15, 0.2) is 35.5 Å². The van der Waals surface area contributed by atoms with Gasteiger partial charge in [0.2, 0.25) is 0 Å². The van der Waals surface area contributed by atoms with Crippen molar-refractivity contribution in [3.05, 3.63) is 51.2 Å². The van der Waals surface area contributed by atoms with E-state index in [0.29, 0.717) is 0 Å². The van der Waals surface area contributed by atoms with Crippen molar-refractivity contribution >= 4 is 11.8 Å². The molecule has 0 heterocycles. The Kier molecular flexibility index (Phi) is 4.40. The summed E-state index contributed by atoms with van der Waals surface area (Å²) < 4.78 is 4.98. The topological polar surface area (TPSA) is 78.4 Å². The normalized spacial score (nSPS) is 15.7. The SMILES string of the molecule is COc1ccc(/C=C/C2=C(N)CCCC2)cc1[N+](=O)[O-]. The molecule has 0 radical (unpaired) electrons. The monoisotopic (exact) mass is 274 g/mol. The average molecular weight is 274 g/mol. The van der Waals surface area contributed by atoms with Crippen LogP contribution in [0.5, 0.6) is 5.75 Å². The number of ether oxygens (including phenoxy) is 1. The number of benzene rings is 1. The summed E-state index contributed by atoms with van der Waals surface area (Å²) in [6, 6.07) is 4.91. The maximum Gasteiger partial charge on any atom is 0.311 e. The lowest BCUT2D eigenvalue weighted by Crippen LogP contribution is -2.06. The lowest BCUT2D eigenvalue weighted by atomic mass is 9.96. The molecule has 2 rings (SSSR count). The fourth-order valence-corrected chi connectivity index (χ4v) is 2.29. The van der Waals surface area contributed by atoms with E-state index in [-0.39, 0.29) is 11.4 Å². The zero-order valence-corrected chi connectivity index (χ0v) is 11.5. The number of nitro groups is 1. The van der Waals surface area contributed by atoms with Gasteiger partial charge in [-0.15, -0.1) is 0 Å². The fourth-order valence-electron chi connectivity index (χ4n) is 2.29. The summed E-state index contributed by atoms with van der Waals surface area (Å²) in [5.74, 6) is 0.267. The van der Waals surface area contributed by atoms with Gasteiger partial charge in [-0.2, -0.15) is 0 Å². The van der Waals surface area contributed by atoms with E-state index in [0.717, 1.165) is 42.5 Å². The minimum atomic E-state index is -0.440. The highest BCUT2D eigenvalue weighted by Gasteiger charge is 2.14. The first kappa shape index (κ1) is 14.1. The van der Waals surface area contributed by atoms with Crippen LogP contribution >= 0.6 is 0 Å². The Balaban J connectivity index is 2.26. The van der Waals surface area contributed by atoms with E-state index >= 15 is 0 Å². The van der Waals surface area contributed by atoms with Gasteiger partial charge in [-0.25, -0.2) is 0 Å². The summed E-state index contributed by atoms with van der Waals surface area (Å²) >= 11 is 0. The van der Waals surface area contributed by atoms with Crippen LogP contribution in [0.25, 0.3) is 6.08 Å². The minimum Gasteiger partial charge on any atom is -0.490 e. The van der Waals surface area contributed by atoms with Gasteiger partial charge in [0.05, 0.1) is 12.0 Å². The van der Waals surface area contributed by atoms with Crippen molar-refractivity contribution < 1.29 is 9.66 Å². The number of nitrogens with two attached hydrogens (primary N) is 1. The Morgan fingerprint density at radius 1 is 1.30 bits per heavy atom. The first-order valence-electron chi connectivity index (χ1n) is 6.60. The standard InChI is InChI=1S/C15H18N2O3/c1-20-15-9-7-11(10-14(15)17(18)19)6-8-12-4-2-3-5-13(12)16/h6-10H,2-5,16H2,1H3/b8-6+. The Morgan fingerprint density at radius 2 is 2.05 bits per heavy atom. The van der Waals surface area contributed by atoms with Gasteiger partial charge in [0.25, 0.3) is 0 Å². The molecule has 0 aromatic heterocycles. The maximum absolute atomic E-state index is 11.0. The van der Waals surface area contributed by atoms with Crippen molar-refractivity contribution in [2.24, 2.45) is 5.73 Å². The molecule has 0 amide bonds. The summed E-state index contributed by atoms with van der Waals surface area (Å²) in [4.78, 5) is 10.5. The Hall–Kier alpha value is -2.30. The van der Waals surface area contributed by atoms with E-state index in [1.54, 1.807) is 12.1 Å². The number of nitrogens with zero attached hydrogens (tertiary/aromatic N) is 1. The highest BCUT2D eigenvalue weighted by Crippen LogP contribution is 2.29. The molecule has 5 heteroatoms. The molecule has 0 saturated carbocycles. The molecule has 5 nitrogen and oxygen atoms in total. The van der Waals surface area contributed by atoms with Gasteiger partial charge in [-0.3, -0.25) is 10.1 Å². The Bertz CT molecular complexity index is 576. The van der Waals surface area contributed by atoms with E-state index < -0.39 is 4.92 Å².